The highest BCUT2D eigenvalue weighted by Gasteiger charge is 2.24. The summed E-state index contributed by atoms with van der Waals surface area (Å²) < 4.78 is 10.3. The van der Waals surface area contributed by atoms with Crippen LogP contribution in [0.1, 0.15) is 10.4 Å². The summed E-state index contributed by atoms with van der Waals surface area (Å²) in [5.74, 6) is 0.545. The largest absolute Gasteiger partial charge is 0.497 e. The van der Waals surface area contributed by atoms with Crippen molar-refractivity contribution in [2.24, 2.45) is 0 Å². The summed E-state index contributed by atoms with van der Waals surface area (Å²) in [6.45, 7) is 1.22. The Morgan fingerprint density at radius 1 is 1.61 bits per heavy atom. The Morgan fingerprint density at radius 2 is 2.44 bits per heavy atom. The van der Waals surface area contributed by atoms with Crippen molar-refractivity contribution in [2.45, 2.75) is 6.10 Å². The number of amides is 1. The van der Waals surface area contributed by atoms with Crippen LogP contribution in [0.4, 0.5) is 0 Å². The van der Waals surface area contributed by atoms with Crippen LogP contribution in [0.15, 0.2) is 24.3 Å². The first-order valence-electron chi connectivity index (χ1n) is 5.69. The van der Waals surface area contributed by atoms with Crippen LogP contribution >= 0.6 is 0 Å². The second-order valence-electron chi connectivity index (χ2n) is 3.97. The van der Waals surface area contributed by atoms with E-state index in [1.54, 1.807) is 36.3 Å². The van der Waals surface area contributed by atoms with Gasteiger partial charge in [0.1, 0.15) is 5.75 Å². The van der Waals surface area contributed by atoms with Crippen LogP contribution in [-0.2, 0) is 4.74 Å². The molecule has 0 aliphatic carbocycles. The third-order valence-electron chi connectivity index (χ3n) is 2.81. The number of ether oxygens (including phenoxy) is 2. The molecule has 1 aliphatic heterocycles. The SMILES string of the molecule is COc1cccc(C(=O)N2CCOC(C#N)C2)c1. The number of benzene rings is 1. The third-order valence-corrected chi connectivity index (χ3v) is 2.81. The molecule has 18 heavy (non-hydrogen) atoms. The van der Waals surface area contributed by atoms with Crippen molar-refractivity contribution in [3.63, 3.8) is 0 Å². The molecule has 1 saturated heterocycles. The first-order valence-corrected chi connectivity index (χ1v) is 5.69. The van der Waals surface area contributed by atoms with E-state index in [1.807, 2.05) is 6.07 Å². The van der Waals surface area contributed by atoms with E-state index in [2.05, 4.69) is 0 Å². The van der Waals surface area contributed by atoms with E-state index >= 15 is 0 Å². The van der Waals surface area contributed by atoms with Gasteiger partial charge < -0.3 is 14.4 Å². The van der Waals surface area contributed by atoms with Gasteiger partial charge in [0, 0.05) is 12.1 Å². The minimum absolute atomic E-state index is 0.0996. The molecule has 0 aromatic heterocycles. The van der Waals surface area contributed by atoms with Gasteiger partial charge in [-0.2, -0.15) is 5.26 Å². The second-order valence-corrected chi connectivity index (χ2v) is 3.97. The topological polar surface area (TPSA) is 62.6 Å². The fourth-order valence-corrected chi connectivity index (χ4v) is 1.85. The lowest BCUT2D eigenvalue weighted by Crippen LogP contribution is -2.45. The van der Waals surface area contributed by atoms with Gasteiger partial charge in [0.15, 0.2) is 6.10 Å². The summed E-state index contributed by atoms with van der Waals surface area (Å²) in [7, 11) is 1.56. The van der Waals surface area contributed by atoms with Crippen molar-refractivity contribution in [2.75, 3.05) is 26.8 Å². The number of hydrogen-bond donors (Lipinski definition) is 0. The van der Waals surface area contributed by atoms with Crippen molar-refractivity contribution in [1.82, 2.24) is 4.90 Å². The van der Waals surface area contributed by atoms with Crippen molar-refractivity contribution < 1.29 is 14.3 Å². The lowest BCUT2D eigenvalue weighted by Gasteiger charge is -2.29. The number of nitrogens with zero attached hydrogens (tertiary/aromatic N) is 2. The van der Waals surface area contributed by atoms with Crippen molar-refractivity contribution >= 4 is 5.91 Å². The predicted molar refractivity (Wildman–Crippen MR) is 64.3 cm³/mol. The minimum Gasteiger partial charge on any atom is -0.497 e. The predicted octanol–water partition coefficient (Wildman–Crippen LogP) is 1.06. The number of nitriles is 1. The van der Waals surface area contributed by atoms with Gasteiger partial charge in [0.2, 0.25) is 0 Å². The molecule has 0 spiro atoms. The Bertz CT molecular complexity index is 481. The second kappa shape index (κ2) is 5.52. The van der Waals surface area contributed by atoms with Crippen LogP contribution in [0.3, 0.4) is 0 Å². The molecule has 0 bridgehead atoms. The van der Waals surface area contributed by atoms with Gasteiger partial charge in [-0.1, -0.05) is 6.07 Å². The number of rotatable bonds is 2. The number of methoxy groups -OCH3 is 1. The van der Waals surface area contributed by atoms with E-state index in [0.717, 1.165) is 0 Å². The Labute approximate surface area is 106 Å². The Hall–Kier alpha value is -2.06. The number of hydrogen-bond acceptors (Lipinski definition) is 4. The summed E-state index contributed by atoms with van der Waals surface area (Å²) in [6, 6.07) is 9.01. The van der Waals surface area contributed by atoms with Crippen LogP contribution in [0.25, 0.3) is 0 Å². The molecule has 0 radical (unpaired) electrons. The molecule has 1 amide bonds. The normalized spacial score (nSPS) is 19.1. The number of carbonyl (C=O) groups excluding carboxylic acids is 1. The standard InChI is InChI=1S/C13H14N2O3/c1-17-11-4-2-3-10(7-11)13(16)15-5-6-18-12(8-14)9-15/h2-4,7,12H,5-6,9H2,1H3. The fraction of sp³-hybridized carbons (Fsp3) is 0.385. The molecule has 1 heterocycles. The molecule has 1 atom stereocenters. The third kappa shape index (κ3) is 2.60. The Morgan fingerprint density at radius 3 is 3.17 bits per heavy atom. The zero-order chi connectivity index (χ0) is 13.0. The molecule has 0 saturated carbocycles. The van der Waals surface area contributed by atoms with E-state index < -0.39 is 6.10 Å². The van der Waals surface area contributed by atoms with E-state index in [9.17, 15) is 4.79 Å². The van der Waals surface area contributed by atoms with Gasteiger partial charge in [-0.15, -0.1) is 0 Å². The Balaban J connectivity index is 2.13. The van der Waals surface area contributed by atoms with Gasteiger partial charge >= 0.3 is 0 Å². The monoisotopic (exact) mass is 246 g/mol. The van der Waals surface area contributed by atoms with Gasteiger partial charge in [0.25, 0.3) is 5.91 Å². The molecular weight excluding hydrogens is 232 g/mol. The van der Waals surface area contributed by atoms with Gasteiger partial charge in [-0.05, 0) is 18.2 Å². The quantitative estimate of drug-likeness (QED) is 0.782. The minimum atomic E-state index is -0.534. The number of morpholine rings is 1. The highest BCUT2D eigenvalue weighted by atomic mass is 16.5. The summed E-state index contributed by atoms with van der Waals surface area (Å²) in [5, 5.41) is 8.81. The van der Waals surface area contributed by atoms with E-state index in [4.69, 9.17) is 14.7 Å². The summed E-state index contributed by atoms with van der Waals surface area (Å²) in [4.78, 5) is 13.9. The maximum Gasteiger partial charge on any atom is 0.254 e. The van der Waals surface area contributed by atoms with E-state index in [-0.39, 0.29) is 5.91 Å². The maximum absolute atomic E-state index is 12.2. The lowest BCUT2D eigenvalue weighted by molar-refractivity contribution is 0.00346. The highest BCUT2D eigenvalue weighted by molar-refractivity contribution is 5.94. The van der Waals surface area contributed by atoms with E-state index in [0.29, 0.717) is 31.0 Å². The van der Waals surface area contributed by atoms with Crippen molar-refractivity contribution in [1.29, 1.82) is 5.26 Å². The Kier molecular flexibility index (Phi) is 3.80. The van der Waals surface area contributed by atoms with Crippen LogP contribution in [-0.4, -0.2) is 43.7 Å². The first-order chi connectivity index (χ1) is 8.74. The highest BCUT2D eigenvalue weighted by Crippen LogP contribution is 2.16. The molecule has 1 aromatic carbocycles. The van der Waals surface area contributed by atoms with Crippen LogP contribution in [0, 0.1) is 11.3 Å². The van der Waals surface area contributed by atoms with Gasteiger partial charge in [0.05, 0.1) is 26.3 Å². The smallest absolute Gasteiger partial charge is 0.254 e. The maximum atomic E-state index is 12.2. The summed E-state index contributed by atoms with van der Waals surface area (Å²) >= 11 is 0. The molecule has 1 aromatic rings. The van der Waals surface area contributed by atoms with Crippen molar-refractivity contribution in [3.05, 3.63) is 29.8 Å². The van der Waals surface area contributed by atoms with Gasteiger partial charge in [-0.3, -0.25) is 4.79 Å². The van der Waals surface area contributed by atoms with Crippen LogP contribution in [0.5, 0.6) is 5.75 Å². The first kappa shape index (κ1) is 12.4. The molecule has 94 valence electrons. The summed E-state index contributed by atoms with van der Waals surface area (Å²) in [6.07, 6.45) is -0.534. The molecule has 5 heteroatoms. The molecule has 2 rings (SSSR count). The average Bonchev–Trinajstić information content (AvgIpc) is 2.46. The lowest BCUT2D eigenvalue weighted by atomic mass is 10.1. The molecule has 5 nitrogen and oxygen atoms in total. The fourth-order valence-electron chi connectivity index (χ4n) is 1.85. The van der Waals surface area contributed by atoms with Crippen molar-refractivity contribution in [3.8, 4) is 11.8 Å². The average molecular weight is 246 g/mol. The molecule has 1 unspecified atom stereocenters. The zero-order valence-electron chi connectivity index (χ0n) is 10.1. The van der Waals surface area contributed by atoms with Gasteiger partial charge in [-0.25, -0.2) is 0 Å². The molecule has 1 aliphatic rings. The number of carbonyl (C=O) groups is 1. The van der Waals surface area contributed by atoms with E-state index in [1.165, 1.54) is 0 Å². The molecular formula is C13H14N2O3. The molecule has 0 N–H and O–H groups in total. The molecule has 1 fully saturated rings. The van der Waals surface area contributed by atoms with Crippen LogP contribution in [0.2, 0.25) is 0 Å². The van der Waals surface area contributed by atoms with Crippen LogP contribution < -0.4 is 4.74 Å². The summed E-state index contributed by atoms with van der Waals surface area (Å²) in [5.41, 5.74) is 0.563. The zero-order valence-corrected chi connectivity index (χ0v) is 10.1.